The van der Waals surface area contributed by atoms with Gasteiger partial charge in [0.15, 0.2) is 26.1 Å². The quantitative estimate of drug-likeness (QED) is 0.0361. The molecule has 0 bridgehead atoms. The summed E-state index contributed by atoms with van der Waals surface area (Å²) in [6.45, 7) is 6.31. The molecule has 0 aliphatic carbocycles. The van der Waals surface area contributed by atoms with E-state index in [9.17, 15) is 32.7 Å². The lowest BCUT2D eigenvalue weighted by Crippen LogP contribution is -2.71. The van der Waals surface area contributed by atoms with Crippen LogP contribution in [-0.4, -0.2) is 86.5 Å². The fourth-order valence-electron chi connectivity index (χ4n) is 7.08. The first-order valence-electron chi connectivity index (χ1n) is 19.8. The summed E-state index contributed by atoms with van der Waals surface area (Å²) in [6, 6.07) is 28.1. The molecule has 0 saturated carbocycles. The van der Waals surface area contributed by atoms with E-state index in [-0.39, 0.29) is 47.7 Å². The Hall–Kier alpha value is -5.93. The third-order valence-electron chi connectivity index (χ3n) is 10.0. The van der Waals surface area contributed by atoms with Crippen LogP contribution in [-0.2, 0) is 39.4 Å². The van der Waals surface area contributed by atoms with Gasteiger partial charge in [-0.05, 0) is 26.8 Å². The summed E-state index contributed by atoms with van der Waals surface area (Å²) in [6.07, 6.45) is 1.68. The number of anilines is 1. The molecule has 3 aromatic carbocycles. The monoisotopic (exact) mass is 975 g/mol. The van der Waals surface area contributed by atoms with Crippen LogP contribution < -0.4 is 16.4 Å². The molecule has 3 atom stereocenters. The Morgan fingerprint density at radius 1 is 1.00 bits per heavy atom. The lowest BCUT2D eigenvalue weighted by atomic mass is 9.80. The minimum Gasteiger partial charge on any atom is -0.477 e. The molecule has 2 aliphatic rings. The molecule has 2 aromatic heterocycles. The summed E-state index contributed by atoms with van der Waals surface area (Å²) in [5.74, 6) is -3.39. The number of carboxylic acid groups (broad SMARTS) is 1. The van der Waals surface area contributed by atoms with Crippen LogP contribution in [0.25, 0.3) is 0 Å². The van der Waals surface area contributed by atoms with Crippen LogP contribution in [0, 0.1) is 0 Å². The summed E-state index contributed by atoms with van der Waals surface area (Å²) in [5, 5.41) is 17.8. The number of hydrogen-bond acceptors (Lipinski definition) is 15. The maximum Gasteiger partial charge on any atom is 0.408 e. The Balaban J connectivity index is 1.21. The number of benzene rings is 3. The number of nitrogen functional groups attached to an aromatic ring is 1. The van der Waals surface area contributed by atoms with E-state index in [1.807, 2.05) is 91.0 Å². The number of aliphatic carboxylic acids is 1. The van der Waals surface area contributed by atoms with Gasteiger partial charge in [-0.3, -0.25) is 19.5 Å². The zero-order valence-corrected chi connectivity index (χ0v) is 39.2. The maximum absolute atomic E-state index is 14.5. The molecule has 4 heterocycles. The number of nitrogens with two attached hydrogens (primary N) is 1. The van der Waals surface area contributed by atoms with E-state index in [4.69, 9.17) is 26.9 Å². The number of hydrogen-bond donors (Lipinski definition) is 4. The number of carbonyl (C=O) groups excluding carboxylic acids is 3. The number of carbonyl (C=O) groups is 4. The number of pyridine rings is 1. The van der Waals surface area contributed by atoms with Gasteiger partial charge in [-0.1, -0.05) is 138 Å². The minimum absolute atomic E-state index is 0.0295. The molecule has 1 unspecified atom stereocenters. The Labute approximate surface area is 391 Å². The molecular formula is C44H42ClN7O9S4. The van der Waals surface area contributed by atoms with Gasteiger partial charge in [0.25, 0.3) is 11.8 Å². The lowest BCUT2D eigenvalue weighted by molar-refractivity contribution is -0.150. The van der Waals surface area contributed by atoms with Gasteiger partial charge in [0.1, 0.15) is 32.7 Å². The molecule has 5 N–H and O–H groups in total. The fraction of sp³-hybridized carbons (Fsp3) is 0.250. The number of thiazole rings is 1. The second kappa shape index (κ2) is 19.3. The zero-order valence-electron chi connectivity index (χ0n) is 35.1. The van der Waals surface area contributed by atoms with Crippen molar-refractivity contribution in [1.29, 1.82) is 0 Å². The van der Waals surface area contributed by atoms with Crippen LogP contribution in [0.3, 0.4) is 0 Å². The van der Waals surface area contributed by atoms with Crippen LogP contribution in [0.1, 0.15) is 61.0 Å². The van der Waals surface area contributed by atoms with Crippen LogP contribution in [0.2, 0.25) is 4.34 Å². The molecule has 3 amide bonds. The fourth-order valence-corrected chi connectivity index (χ4v) is 11.9. The standard InChI is InChI=1S/C44H42ClN7O9S4/c1-5-65(58,59)37(50-42(57)60-43(2,3)4)28-23-47-22-21-29(28)63-30-24-62-39-33(38(54)52(39)34(30)40(55)56)48-36(53)32(31-35(45)64-41(46)49-31)51-61-44(25-15-9-6-10-16-25,26-17-11-7-12-18-26)27-19-13-8-14-20-27/h6-23,33,37,39H,5,24H2,1-4H3,(H2,46,49)(H,48,53)(H,50,57)(H,55,56)/b51-32-/t33-,37?,39+/m1/s1. The Bertz CT molecular complexity index is 2690. The van der Waals surface area contributed by atoms with Gasteiger partial charge in [0, 0.05) is 56.0 Å². The van der Waals surface area contributed by atoms with Crippen molar-refractivity contribution in [3.63, 3.8) is 0 Å². The van der Waals surface area contributed by atoms with Crippen molar-refractivity contribution >= 4 is 91.0 Å². The van der Waals surface area contributed by atoms with E-state index in [0.717, 1.165) is 28.0 Å². The molecule has 0 spiro atoms. The average molecular weight is 977 g/mol. The number of halogens is 1. The van der Waals surface area contributed by atoms with E-state index in [0.29, 0.717) is 16.7 Å². The van der Waals surface area contributed by atoms with Crippen molar-refractivity contribution in [1.82, 2.24) is 25.5 Å². The van der Waals surface area contributed by atoms with Crippen LogP contribution in [0.5, 0.6) is 0 Å². The lowest BCUT2D eigenvalue weighted by Gasteiger charge is -2.49. The first-order valence-corrected chi connectivity index (χ1v) is 24.6. The van der Waals surface area contributed by atoms with E-state index < -0.39 is 67.4 Å². The third-order valence-corrected chi connectivity index (χ3v) is 15.6. The highest BCUT2D eigenvalue weighted by Gasteiger charge is 2.55. The number of aromatic nitrogens is 2. The molecule has 65 heavy (non-hydrogen) atoms. The first-order chi connectivity index (χ1) is 30.9. The number of ether oxygens (including phenoxy) is 1. The van der Waals surface area contributed by atoms with Gasteiger partial charge >= 0.3 is 12.1 Å². The van der Waals surface area contributed by atoms with Gasteiger partial charge in [-0.15, -0.1) is 11.8 Å². The summed E-state index contributed by atoms with van der Waals surface area (Å²) in [5.41, 5.74) is 4.94. The molecule has 5 aromatic rings. The minimum atomic E-state index is -4.02. The molecule has 338 valence electrons. The highest BCUT2D eigenvalue weighted by molar-refractivity contribution is 8.06. The number of nitrogens with one attached hydrogen (secondary N) is 2. The molecule has 21 heteroatoms. The molecule has 16 nitrogen and oxygen atoms in total. The second-order valence-corrected chi connectivity index (χ2v) is 21.7. The maximum atomic E-state index is 14.5. The SMILES string of the molecule is CCS(=O)(=O)C(NC(=O)OC(C)(C)C)c1cnccc1SC1=C(C(=O)O)N2C(=O)[C@@H](NC(=O)/C(=N\OC(c3ccccc3)(c3ccccc3)c3ccccc3)c3nc(N)sc3Cl)[C@@H]2SC1. The van der Waals surface area contributed by atoms with Crippen molar-refractivity contribution in [2.45, 2.75) is 60.6 Å². The topological polar surface area (TPSA) is 233 Å². The molecule has 1 saturated heterocycles. The Kier molecular flexibility index (Phi) is 13.9. The summed E-state index contributed by atoms with van der Waals surface area (Å²) in [4.78, 5) is 70.9. The number of rotatable bonds is 15. The average Bonchev–Trinajstić information content (AvgIpc) is 3.62. The molecule has 0 radical (unpaired) electrons. The van der Waals surface area contributed by atoms with Crippen LogP contribution in [0.4, 0.5) is 9.93 Å². The highest BCUT2D eigenvalue weighted by Crippen LogP contribution is 2.47. The smallest absolute Gasteiger partial charge is 0.408 e. The number of amides is 3. The molecule has 7 rings (SSSR count). The van der Waals surface area contributed by atoms with Gasteiger partial charge in [-0.2, -0.15) is 0 Å². The third kappa shape index (κ3) is 9.86. The van der Waals surface area contributed by atoms with Crippen LogP contribution >= 0.6 is 46.5 Å². The number of alkyl carbamates (subject to hydrolysis) is 1. The number of nitrogens with zero attached hydrogens (tertiary/aromatic N) is 4. The van der Waals surface area contributed by atoms with E-state index >= 15 is 0 Å². The van der Waals surface area contributed by atoms with Crippen molar-refractivity contribution in [2.24, 2.45) is 5.16 Å². The Morgan fingerprint density at radius 3 is 2.09 bits per heavy atom. The number of sulfone groups is 1. The number of thioether (sulfide) groups is 2. The number of carboxylic acids is 1. The van der Waals surface area contributed by atoms with E-state index in [1.165, 1.54) is 37.1 Å². The van der Waals surface area contributed by atoms with Gasteiger partial charge < -0.3 is 31.0 Å². The van der Waals surface area contributed by atoms with Crippen molar-refractivity contribution in [2.75, 3.05) is 17.2 Å². The first kappa shape index (κ1) is 47.0. The van der Waals surface area contributed by atoms with E-state index in [2.05, 4.69) is 25.8 Å². The molecule has 1 fully saturated rings. The van der Waals surface area contributed by atoms with Crippen molar-refractivity contribution in [3.8, 4) is 0 Å². The molecular weight excluding hydrogens is 934 g/mol. The van der Waals surface area contributed by atoms with Gasteiger partial charge in [-0.25, -0.2) is 23.0 Å². The second-order valence-electron chi connectivity index (χ2n) is 15.4. The normalized spacial score (nSPS) is 17.1. The highest BCUT2D eigenvalue weighted by atomic mass is 35.5. The van der Waals surface area contributed by atoms with Crippen molar-refractivity contribution < 1.29 is 42.3 Å². The summed E-state index contributed by atoms with van der Waals surface area (Å²) < 4.78 is 32.2. The number of fused-ring (bicyclic) bond motifs is 1. The number of β-lactam (4-membered cyclic amide) rings is 1. The summed E-state index contributed by atoms with van der Waals surface area (Å²) in [7, 11) is -4.02. The van der Waals surface area contributed by atoms with Crippen molar-refractivity contribution in [3.05, 3.63) is 152 Å². The van der Waals surface area contributed by atoms with Gasteiger partial charge in [0.05, 0.1) is 0 Å². The van der Waals surface area contributed by atoms with Crippen LogP contribution in [0.15, 0.2) is 130 Å². The Morgan fingerprint density at radius 2 is 1.58 bits per heavy atom. The van der Waals surface area contributed by atoms with Gasteiger partial charge in [0.2, 0.25) is 5.60 Å². The van der Waals surface area contributed by atoms with E-state index in [1.54, 1.807) is 20.8 Å². The zero-order chi connectivity index (χ0) is 46.7. The predicted molar refractivity (Wildman–Crippen MR) is 250 cm³/mol. The molecule has 2 aliphatic heterocycles. The largest absolute Gasteiger partial charge is 0.477 e. The predicted octanol–water partition coefficient (Wildman–Crippen LogP) is 6.93. The summed E-state index contributed by atoms with van der Waals surface area (Å²) >= 11 is 9.60. The number of oxime groups is 1.